The smallest absolute Gasteiger partial charge is 0.332 e. The molecule has 1 saturated carbocycles. The van der Waals surface area contributed by atoms with Crippen molar-refractivity contribution in [1.82, 2.24) is 5.32 Å². The maximum Gasteiger partial charge on any atom is 0.332 e. The van der Waals surface area contributed by atoms with Crippen LogP contribution < -0.4 is 5.32 Å². The molecule has 0 heterocycles. The number of rotatable bonds is 5. The molecule has 1 fully saturated rings. The third-order valence-corrected chi connectivity index (χ3v) is 2.83. The molecule has 0 saturated heterocycles. The molecule has 1 rings (SSSR count). The first-order chi connectivity index (χ1) is 7.50. The summed E-state index contributed by atoms with van der Waals surface area (Å²) in [6, 6.07) is 0.235. The first-order valence-electron chi connectivity index (χ1n) is 5.69. The number of carboxylic acids is 1. The van der Waals surface area contributed by atoms with E-state index in [0.717, 1.165) is 25.7 Å². The van der Waals surface area contributed by atoms with Gasteiger partial charge in [-0.15, -0.1) is 0 Å². The molecule has 5 heteroatoms. The molecule has 1 unspecified atom stereocenters. The molecule has 1 aliphatic rings. The Hall–Kier alpha value is -1.10. The molecule has 5 nitrogen and oxygen atoms in total. The minimum atomic E-state index is -1.06. The molecule has 2 atom stereocenters. The van der Waals surface area contributed by atoms with E-state index in [0.29, 0.717) is 0 Å². The maximum absolute atomic E-state index is 11.6. The summed E-state index contributed by atoms with van der Waals surface area (Å²) in [6.07, 6.45) is 2.63. The van der Waals surface area contributed by atoms with Crippen LogP contribution in [0.25, 0.3) is 0 Å². The van der Waals surface area contributed by atoms with Gasteiger partial charge in [0.2, 0.25) is 5.91 Å². The van der Waals surface area contributed by atoms with Gasteiger partial charge in [0, 0.05) is 6.04 Å². The van der Waals surface area contributed by atoms with Crippen molar-refractivity contribution in [3.05, 3.63) is 0 Å². The fourth-order valence-corrected chi connectivity index (χ4v) is 1.81. The first-order valence-corrected chi connectivity index (χ1v) is 5.69. The van der Waals surface area contributed by atoms with Crippen molar-refractivity contribution >= 4 is 11.9 Å². The van der Waals surface area contributed by atoms with Crippen molar-refractivity contribution in [3.8, 4) is 0 Å². The lowest BCUT2D eigenvalue weighted by atomic mass is 10.2. The van der Waals surface area contributed by atoms with Gasteiger partial charge in [-0.3, -0.25) is 4.79 Å². The number of carbonyl (C=O) groups is 2. The molecule has 0 bridgehead atoms. The zero-order chi connectivity index (χ0) is 12.1. The van der Waals surface area contributed by atoms with Gasteiger partial charge in [0.25, 0.3) is 0 Å². The molecule has 0 aromatic carbocycles. The van der Waals surface area contributed by atoms with Gasteiger partial charge < -0.3 is 15.2 Å². The van der Waals surface area contributed by atoms with Gasteiger partial charge >= 0.3 is 5.97 Å². The van der Waals surface area contributed by atoms with Crippen LogP contribution >= 0.6 is 0 Å². The predicted molar refractivity (Wildman–Crippen MR) is 58.0 cm³/mol. The first kappa shape index (κ1) is 13.0. The second-order valence-corrected chi connectivity index (χ2v) is 4.25. The van der Waals surface area contributed by atoms with Crippen LogP contribution in [0.1, 0.15) is 39.5 Å². The Kier molecular flexibility index (Phi) is 4.73. The number of carboxylic acid groups (broad SMARTS) is 1. The van der Waals surface area contributed by atoms with E-state index in [2.05, 4.69) is 5.32 Å². The quantitative estimate of drug-likeness (QED) is 0.735. The summed E-state index contributed by atoms with van der Waals surface area (Å²) < 4.78 is 5.07. The number of amides is 1. The zero-order valence-electron chi connectivity index (χ0n) is 9.73. The van der Waals surface area contributed by atoms with Crippen LogP contribution in [0.3, 0.4) is 0 Å². The molecule has 0 aliphatic heterocycles. The van der Waals surface area contributed by atoms with Crippen LogP contribution in [0.4, 0.5) is 0 Å². The lowest BCUT2D eigenvalue weighted by Crippen LogP contribution is -2.42. The number of nitrogens with one attached hydrogen (secondary N) is 1. The number of hydrogen-bond acceptors (Lipinski definition) is 3. The fraction of sp³-hybridized carbons (Fsp3) is 0.818. The Labute approximate surface area is 95.2 Å². The average Bonchev–Trinajstić information content (AvgIpc) is 2.69. The third kappa shape index (κ3) is 3.81. The lowest BCUT2D eigenvalue weighted by molar-refractivity contribution is -0.155. The summed E-state index contributed by atoms with van der Waals surface area (Å²) in [5.41, 5.74) is 0. The number of aliphatic carboxylic acids is 1. The third-order valence-electron chi connectivity index (χ3n) is 2.83. The van der Waals surface area contributed by atoms with Gasteiger partial charge in [0.1, 0.15) is 6.10 Å². The Morgan fingerprint density at radius 3 is 2.31 bits per heavy atom. The van der Waals surface area contributed by atoms with Gasteiger partial charge in [-0.05, 0) is 26.7 Å². The predicted octanol–water partition coefficient (Wildman–Crippen LogP) is 0.923. The highest BCUT2D eigenvalue weighted by atomic mass is 16.5. The SMILES string of the molecule is CC(O[C@H](C)C(=O)O)C(=O)NC1CCCC1. The molecule has 0 aromatic rings. The Morgan fingerprint density at radius 2 is 1.81 bits per heavy atom. The topological polar surface area (TPSA) is 75.6 Å². The van der Waals surface area contributed by atoms with Crippen LogP contribution in [-0.2, 0) is 14.3 Å². The van der Waals surface area contributed by atoms with Crippen molar-refractivity contribution in [1.29, 1.82) is 0 Å². The van der Waals surface area contributed by atoms with E-state index >= 15 is 0 Å². The number of hydrogen-bond donors (Lipinski definition) is 2. The van der Waals surface area contributed by atoms with Crippen molar-refractivity contribution in [3.63, 3.8) is 0 Å². The minimum Gasteiger partial charge on any atom is -0.479 e. The molecule has 0 radical (unpaired) electrons. The summed E-state index contributed by atoms with van der Waals surface area (Å²) in [6.45, 7) is 2.99. The second-order valence-electron chi connectivity index (χ2n) is 4.25. The zero-order valence-corrected chi connectivity index (χ0v) is 9.73. The van der Waals surface area contributed by atoms with E-state index in [4.69, 9.17) is 9.84 Å². The summed E-state index contributed by atoms with van der Waals surface area (Å²) >= 11 is 0. The molecule has 92 valence electrons. The van der Waals surface area contributed by atoms with E-state index in [1.54, 1.807) is 6.92 Å². The Bertz CT molecular complexity index is 261. The van der Waals surface area contributed by atoms with E-state index in [1.165, 1.54) is 6.92 Å². The Balaban J connectivity index is 2.32. The Morgan fingerprint density at radius 1 is 1.25 bits per heavy atom. The molecule has 0 aromatic heterocycles. The van der Waals surface area contributed by atoms with Crippen molar-refractivity contribution in [2.45, 2.75) is 57.8 Å². The van der Waals surface area contributed by atoms with Crippen molar-refractivity contribution in [2.24, 2.45) is 0 Å². The van der Waals surface area contributed by atoms with Gasteiger partial charge in [-0.2, -0.15) is 0 Å². The molecule has 1 aliphatic carbocycles. The normalized spacial score (nSPS) is 20.4. The van der Waals surface area contributed by atoms with E-state index in [1.807, 2.05) is 0 Å². The fourth-order valence-electron chi connectivity index (χ4n) is 1.81. The standard InChI is InChI=1S/C11H19NO4/c1-7(16-8(2)11(14)15)10(13)12-9-5-3-4-6-9/h7-9H,3-6H2,1-2H3,(H,12,13)(H,14,15)/t7?,8-/m1/s1. The molecule has 16 heavy (non-hydrogen) atoms. The molecular formula is C11H19NO4. The van der Waals surface area contributed by atoms with Crippen LogP contribution in [0.2, 0.25) is 0 Å². The summed E-state index contributed by atoms with van der Waals surface area (Å²) in [7, 11) is 0. The summed E-state index contributed by atoms with van der Waals surface area (Å²) in [5, 5.41) is 11.5. The average molecular weight is 229 g/mol. The molecule has 2 N–H and O–H groups in total. The largest absolute Gasteiger partial charge is 0.479 e. The lowest BCUT2D eigenvalue weighted by Gasteiger charge is -2.18. The molecule has 0 spiro atoms. The van der Waals surface area contributed by atoms with Crippen LogP contribution in [0, 0.1) is 0 Å². The highest BCUT2D eigenvalue weighted by molar-refractivity contribution is 5.81. The van der Waals surface area contributed by atoms with E-state index in [9.17, 15) is 9.59 Å². The van der Waals surface area contributed by atoms with E-state index < -0.39 is 18.2 Å². The monoisotopic (exact) mass is 229 g/mol. The number of carbonyl (C=O) groups excluding carboxylic acids is 1. The van der Waals surface area contributed by atoms with E-state index in [-0.39, 0.29) is 11.9 Å². The second kappa shape index (κ2) is 5.84. The van der Waals surface area contributed by atoms with Crippen molar-refractivity contribution in [2.75, 3.05) is 0 Å². The van der Waals surface area contributed by atoms with Crippen LogP contribution in [0.5, 0.6) is 0 Å². The van der Waals surface area contributed by atoms with Gasteiger partial charge in [0.05, 0.1) is 0 Å². The summed E-state index contributed by atoms with van der Waals surface area (Å²) in [5.74, 6) is -1.28. The molecule has 1 amide bonds. The molecular weight excluding hydrogens is 210 g/mol. The van der Waals surface area contributed by atoms with Crippen LogP contribution in [-0.4, -0.2) is 35.2 Å². The highest BCUT2D eigenvalue weighted by Crippen LogP contribution is 2.17. The van der Waals surface area contributed by atoms with Gasteiger partial charge in [0.15, 0.2) is 6.10 Å². The minimum absolute atomic E-state index is 0.222. The maximum atomic E-state index is 11.6. The van der Waals surface area contributed by atoms with Crippen LogP contribution in [0.15, 0.2) is 0 Å². The van der Waals surface area contributed by atoms with Gasteiger partial charge in [-0.25, -0.2) is 4.79 Å². The summed E-state index contributed by atoms with van der Waals surface area (Å²) in [4.78, 5) is 22.2. The van der Waals surface area contributed by atoms with Crippen molar-refractivity contribution < 1.29 is 19.4 Å². The number of ether oxygens (including phenoxy) is 1. The van der Waals surface area contributed by atoms with Gasteiger partial charge in [-0.1, -0.05) is 12.8 Å². The highest BCUT2D eigenvalue weighted by Gasteiger charge is 2.24.